The molecule has 9 rings (SSSR count). The smallest absolute Gasteiger partial charge is 0.264 e. The van der Waals surface area contributed by atoms with Crippen molar-refractivity contribution in [3.63, 3.8) is 0 Å². The van der Waals surface area contributed by atoms with Gasteiger partial charge in [0.15, 0.2) is 0 Å². The van der Waals surface area contributed by atoms with Crippen LogP contribution in [0.5, 0.6) is 5.75 Å². The van der Waals surface area contributed by atoms with E-state index in [4.69, 9.17) is 16.3 Å². The van der Waals surface area contributed by atoms with E-state index in [9.17, 15) is 5.11 Å². The van der Waals surface area contributed by atoms with E-state index in [2.05, 4.69) is 32.2 Å². The minimum absolute atomic E-state index is 0.0109. The summed E-state index contributed by atoms with van der Waals surface area (Å²) in [5, 5.41) is 11.7. The minimum atomic E-state index is -0.175. The van der Waals surface area contributed by atoms with E-state index in [1.807, 2.05) is 66.7 Å². The first kappa shape index (κ1) is 35.4. The number of nitrogens with zero attached hydrogens (tertiary/aromatic N) is 5. The molecule has 0 saturated carbocycles. The van der Waals surface area contributed by atoms with Gasteiger partial charge in [-0.3, -0.25) is 19.4 Å². The highest BCUT2D eigenvalue weighted by Crippen LogP contribution is 2.39. The van der Waals surface area contributed by atoms with E-state index in [0.29, 0.717) is 41.6 Å². The summed E-state index contributed by atoms with van der Waals surface area (Å²) in [6, 6.07) is 30.7. The maximum Gasteiger partial charge on any atom is 0.264 e. The number of hydrogen-bond donors (Lipinski definition) is 1. The molecule has 280 valence electrons. The van der Waals surface area contributed by atoms with Crippen LogP contribution < -0.4 is 4.90 Å². The zero-order valence-corrected chi connectivity index (χ0v) is 31.7. The number of phenolic OH excluding ortho intramolecular Hbond substituents is 1. The van der Waals surface area contributed by atoms with E-state index >= 15 is 9.59 Å². The Bertz CT molecular complexity index is 2410. The van der Waals surface area contributed by atoms with Gasteiger partial charge in [0.1, 0.15) is 5.75 Å². The number of carbonyl (C=O) groups excluding carboxylic acids is 2. The molecule has 0 bridgehead atoms. The number of phenols is 1. The summed E-state index contributed by atoms with van der Waals surface area (Å²) < 4.78 is 9.92. The number of halogens is 1. The van der Waals surface area contributed by atoms with Crippen molar-refractivity contribution >= 4 is 45.7 Å². The van der Waals surface area contributed by atoms with Gasteiger partial charge < -0.3 is 23.9 Å². The van der Waals surface area contributed by atoms with Crippen molar-refractivity contribution in [2.24, 2.45) is 7.05 Å². The molecule has 0 radical (unpaired) electrons. The van der Waals surface area contributed by atoms with Gasteiger partial charge in [-0.2, -0.15) is 0 Å². The largest absolute Gasteiger partial charge is 0.508 e. The highest BCUT2D eigenvalue weighted by Gasteiger charge is 2.35. The fraction of sp³-hybridized carbons (Fsp3) is 0.289. The standard InChI is InChI=1S/C45H44ClN5O4/c1-47-19-17-31-25-35(12-16-41(31)47)51(34-10-13-37(52)14-11-34)45(54)40-27-43(49-18-5-4-8-42(40)49)39-26-33(46)9-15-38(39)44(53)50-28-32-7-3-2-6-30(32)24-36(50)29-48-20-22-55-23-21-48/h2-3,6-7,9-17,19,25-27,36,52H,4-5,8,18,20-24,28-29H2,1H3. The van der Waals surface area contributed by atoms with Crippen LogP contribution in [0.3, 0.4) is 0 Å². The molecular formula is C45H44ClN5O4. The van der Waals surface area contributed by atoms with Gasteiger partial charge >= 0.3 is 0 Å². The van der Waals surface area contributed by atoms with E-state index in [1.54, 1.807) is 35.2 Å². The fourth-order valence-corrected chi connectivity index (χ4v) is 8.91. The molecule has 0 aliphatic carbocycles. The number of aromatic hydroxyl groups is 1. The van der Waals surface area contributed by atoms with E-state index in [-0.39, 0.29) is 23.6 Å². The van der Waals surface area contributed by atoms with Crippen molar-refractivity contribution in [2.45, 2.75) is 44.8 Å². The normalized spacial score (nSPS) is 17.2. The van der Waals surface area contributed by atoms with E-state index < -0.39 is 0 Å². The topological polar surface area (TPSA) is 83.2 Å². The second-order valence-electron chi connectivity index (χ2n) is 15.0. The van der Waals surface area contributed by atoms with Crippen molar-refractivity contribution in [1.82, 2.24) is 18.9 Å². The first-order valence-electron chi connectivity index (χ1n) is 19.2. The molecule has 1 N–H and O–H groups in total. The lowest BCUT2D eigenvalue weighted by Gasteiger charge is -2.40. The number of morpholine rings is 1. The highest BCUT2D eigenvalue weighted by molar-refractivity contribution is 6.31. The number of aromatic nitrogens is 2. The van der Waals surface area contributed by atoms with Gasteiger partial charge in [0.25, 0.3) is 11.8 Å². The Morgan fingerprint density at radius 1 is 0.855 bits per heavy atom. The third-order valence-electron chi connectivity index (χ3n) is 11.6. The van der Waals surface area contributed by atoms with Crippen molar-refractivity contribution < 1.29 is 19.4 Å². The Morgan fingerprint density at radius 3 is 2.45 bits per heavy atom. The molecule has 2 amide bonds. The third-order valence-corrected chi connectivity index (χ3v) is 11.8. The molecule has 3 aliphatic heterocycles. The van der Waals surface area contributed by atoms with Crippen LogP contribution >= 0.6 is 11.6 Å². The van der Waals surface area contributed by atoms with Gasteiger partial charge in [-0.05, 0) is 110 Å². The Hall–Kier alpha value is -5.35. The van der Waals surface area contributed by atoms with Crippen LogP contribution in [-0.4, -0.2) is 74.7 Å². The lowest BCUT2D eigenvalue weighted by atomic mass is 9.92. The van der Waals surface area contributed by atoms with Gasteiger partial charge in [-0.15, -0.1) is 0 Å². The number of amides is 2. The molecule has 10 heteroatoms. The van der Waals surface area contributed by atoms with Crippen molar-refractivity contribution in [3.05, 3.63) is 136 Å². The lowest BCUT2D eigenvalue weighted by molar-refractivity contribution is 0.0193. The molecule has 1 saturated heterocycles. The highest BCUT2D eigenvalue weighted by atomic mass is 35.5. The van der Waals surface area contributed by atoms with Crippen molar-refractivity contribution in [1.29, 1.82) is 0 Å². The molecule has 1 atom stereocenters. The average Bonchev–Trinajstić information content (AvgIpc) is 3.79. The average molecular weight is 754 g/mol. The van der Waals surface area contributed by atoms with E-state index in [1.165, 1.54) is 11.1 Å². The summed E-state index contributed by atoms with van der Waals surface area (Å²) in [7, 11) is 2.00. The van der Waals surface area contributed by atoms with Gasteiger partial charge in [0.05, 0.1) is 18.8 Å². The van der Waals surface area contributed by atoms with Gasteiger partial charge in [-0.1, -0.05) is 35.9 Å². The second-order valence-corrected chi connectivity index (χ2v) is 15.4. The van der Waals surface area contributed by atoms with E-state index in [0.717, 1.165) is 85.4 Å². The molecule has 1 fully saturated rings. The second kappa shape index (κ2) is 14.7. The third kappa shape index (κ3) is 6.71. The van der Waals surface area contributed by atoms with Gasteiger partial charge in [0, 0.05) is 102 Å². The monoisotopic (exact) mass is 753 g/mol. The quantitative estimate of drug-likeness (QED) is 0.178. The van der Waals surface area contributed by atoms with Crippen molar-refractivity contribution in [2.75, 3.05) is 37.7 Å². The van der Waals surface area contributed by atoms with Crippen LogP contribution in [0.25, 0.3) is 22.2 Å². The Labute approximate surface area is 325 Å². The fourth-order valence-electron chi connectivity index (χ4n) is 8.74. The van der Waals surface area contributed by atoms with Crippen molar-refractivity contribution in [3.8, 4) is 17.0 Å². The summed E-state index contributed by atoms with van der Waals surface area (Å²) in [6.45, 7) is 5.11. The van der Waals surface area contributed by atoms with Crippen LogP contribution in [0.1, 0.15) is 50.4 Å². The first-order valence-corrected chi connectivity index (χ1v) is 19.6. The molecule has 9 nitrogen and oxygen atoms in total. The zero-order chi connectivity index (χ0) is 37.6. The molecule has 0 spiro atoms. The maximum atomic E-state index is 15.1. The maximum absolute atomic E-state index is 15.1. The molecule has 3 aliphatic rings. The first-order chi connectivity index (χ1) is 26.8. The van der Waals surface area contributed by atoms with Crippen LogP contribution in [0, 0.1) is 0 Å². The Morgan fingerprint density at radius 2 is 1.64 bits per heavy atom. The van der Waals surface area contributed by atoms with Crippen LogP contribution in [-0.2, 0) is 37.7 Å². The van der Waals surface area contributed by atoms with Crippen LogP contribution in [0.15, 0.2) is 103 Å². The number of ether oxygens (including phenoxy) is 1. The summed E-state index contributed by atoms with van der Waals surface area (Å²) >= 11 is 6.76. The Kier molecular flexibility index (Phi) is 9.46. The number of rotatable bonds is 7. The minimum Gasteiger partial charge on any atom is -0.508 e. The SMILES string of the molecule is Cn1ccc2cc(N(C(=O)c3cc(-c4cc(Cl)ccc4C(=O)N4Cc5ccccc5CC4CN4CCOCC4)n4c3CCCC4)c3ccc(O)cc3)ccc21. The Balaban J connectivity index is 1.13. The number of hydrogen-bond acceptors (Lipinski definition) is 5. The number of carbonyl (C=O) groups is 2. The van der Waals surface area contributed by atoms with Gasteiger partial charge in [-0.25, -0.2) is 0 Å². The molecular weight excluding hydrogens is 710 g/mol. The number of benzene rings is 4. The number of fused-ring (bicyclic) bond motifs is 3. The summed E-state index contributed by atoms with van der Waals surface area (Å²) in [6.07, 6.45) is 5.44. The molecule has 1 unspecified atom stereocenters. The molecule has 55 heavy (non-hydrogen) atoms. The van der Waals surface area contributed by atoms with Crippen LogP contribution in [0.4, 0.5) is 11.4 Å². The number of aryl methyl sites for hydroxylation is 1. The predicted octanol–water partition coefficient (Wildman–Crippen LogP) is 8.22. The predicted molar refractivity (Wildman–Crippen MR) is 216 cm³/mol. The summed E-state index contributed by atoms with van der Waals surface area (Å²) in [4.78, 5) is 36.3. The zero-order valence-electron chi connectivity index (χ0n) is 31.0. The van der Waals surface area contributed by atoms with Gasteiger partial charge in [0.2, 0.25) is 0 Å². The summed E-state index contributed by atoms with van der Waals surface area (Å²) in [5.41, 5.74) is 8.54. The number of anilines is 2. The van der Waals surface area contributed by atoms with Crippen LogP contribution in [0.2, 0.25) is 5.02 Å². The molecule has 4 aromatic carbocycles. The lowest BCUT2D eigenvalue weighted by Crippen LogP contribution is -2.52. The molecule has 6 aromatic rings. The molecule has 5 heterocycles. The molecule has 2 aromatic heterocycles. The summed E-state index contributed by atoms with van der Waals surface area (Å²) in [5.74, 6) is -0.0905.